The molecule has 0 saturated carbocycles. The summed E-state index contributed by atoms with van der Waals surface area (Å²) in [4.78, 5) is 27.1. The zero-order valence-electron chi connectivity index (χ0n) is 20.9. The van der Waals surface area contributed by atoms with E-state index in [4.69, 9.17) is 4.74 Å². The van der Waals surface area contributed by atoms with Crippen molar-refractivity contribution >= 4 is 23.2 Å². The Morgan fingerprint density at radius 2 is 1.43 bits per heavy atom. The van der Waals surface area contributed by atoms with Crippen LogP contribution in [0.15, 0.2) is 109 Å². The molecule has 0 aromatic heterocycles. The van der Waals surface area contributed by atoms with Crippen molar-refractivity contribution in [3.05, 3.63) is 126 Å². The summed E-state index contributed by atoms with van der Waals surface area (Å²) in [6.07, 6.45) is 0.810. The Morgan fingerprint density at radius 1 is 0.757 bits per heavy atom. The van der Waals surface area contributed by atoms with Crippen LogP contribution in [0.3, 0.4) is 0 Å². The van der Waals surface area contributed by atoms with Crippen LogP contribution in [0.1, 0.15) is 21.5 Å². The molecule has 0 aliphatic rings. The lowest BCUT2D eigenvalue weighted by molar-refractivity contribution is -0.114. The average Bonchev–Trinajstić information content (AvgIpc) is 2.93. The van der Waals surface area contributed by atoms with Crippen molar-refractivity contribution in [3.63, 3.8) is 0 Å². The van der Waals surface area contributed by atoms with Crippen LogP contribution in [0.5, 0.6) is 5.75 Å². The van der Waals surface area contributed by atoms with Crippen LogP contribution in [-0.4, -0.2) is 36.9 Å². The maximum atomic E-state index is 12.9. The highest BCUT2D eigenvalue weighted by Gasteiger charge is 2.13. The Bertz CT molecular complexity index is 1310. The topological polar surface area (TPSA) is 70.7 Å². The number of nitrogens with one attached hydrogen (secondary N) is 2. The quantitative estimate of drug-likeness (QED) is 0.284. The molecule has 0 radical (unpaired) electrons. The van der Waals surface area contributed by atoms with Crippen LogP contribution in [-0.2, 0) is 17.8 Å². The van der Waals surface area contributed by atoms with Crippen LogP contribution < -0.4 is 15.4 Å². The molecular weight excluding hydrogens is 462 g/mol. The van der Waals surface area contributed by atoms with Gasteiger partial charge in [0.2, 0.25) is 5.91 Å². The van der Waals surface area contributed by atoms with Crippen molar-refractivity contribution < 1.29 is 14.3 Å². The van der Waals surface area contributed by atoms with Crippen molar-refractivity contribution in [2.45, 2.75) is 13.0 Å². The summed E-state index contributed by atoms with van der Waals surface area (Å²) in [5.41, 5.74) is 4.20. The molecule has 0 aliphatic carbocycles. The Labute approximate surface area is 217 Å². The van der Waals surface area contributed by atoms with Gasteiger partial charge < -0.3 is 20.3 Å². The fourth-order valence-electron chi connectivity index (χ4n) is 3.89. The number of amides is 2. The first kappa shape index (κ1) is 25.5. The van der Waals surface area contributed by atoms with E-state index >= 15 is 0 Å². The molecule has 37 heavy (non-hydrogen) atoms. The number of hydrogen-bond donors (Lipinski definition) is 2. The number of rotatable bonds is 11. The van der Waals surface area contributed by atoms with E-state index in [9.17, 15) is 9.59 Å². The molecule has 2 amide bonds. The van der Waals surface area contributed by atoms with Crippen molar-refractivity contribution in [1.82, 2.24) is 4.90 Å². The molecule has 0 unspecified atom stereocenters. The number of carbonyl (C=O) groups is 2. The van der Waals surface area contributed by atoms with Crippen LogP contribution in [0.4, 0.5) is 11.4 Å². The SMILES string of the molecule is CN(Cc1ccccc1)C(=O)c1cccc(NCC(=O)Nc2cccc(OCCc3ccccc3)c2)c1. The van der Waals surface area contributed by atoms with Gasteiger partial charge in [0.05, 0.1) is 13.2 Å². The lowest BCUT2D eigenvalue weighted by Crippen LogP contribution is -2.26. The average molecular weight is 494 g/mol. The Kier molecular flexibility index (Phi) is 8.92. The summed E-state index contributed by atoms with van der Waals surface area (Å²) in [6, 6.07) is 34.5. The van der Waals surface area contributed by atoms with E-state index in [1.165, 1.54) is 5.56 Å². The second kappa shape index (κ2) is 12.9. The van der Waals surface area contributed by atoms with Crippen molar-refractivity contribution in [2.24, 2.45) is 0 Å². The number of benzene rings is 4. The molecule has 4 rings (SSSR count). The first-order chi connectivity index (χ1) is 18.1. The molecule has 4 aromatic carbocycles. The molecule has 0 atom stereocenters. The summed E-state index contributed by atoms with van der Waals surface area (Å²) in [5.74, 6) is 0.424. The Morgan fingerprint density at radius 3 is 2.19 bits per heavy atom. The standard InChI is InChI=1S/C31H31N3O3/c1-34(23-25-12-6-3-7-13-25)31(36)26-14-8-15-27(20-26)32-22-30(35)33-28-16-9-17-29(21-28)37-19-18-24-10-4-2-5-11-24/h2-17,20-21,32H,18-19,22-23H2,1H3,(H,33,35). The molecule has 6 heteroatoms. The molecule has 6 nitrogen and oxygen atoms in total. The molecule has 188 valence electrons. The number of nitrogens with zero attached hydrogens (tertiary/aromatic N) is 1. The lowest BCUT2D eigenvalue weighted by atomic mass is 10.1. The van der Waals surface area contributed by atoms with E-state index in [-0.39, 0.29) is 18.4 Å². The molecule has 2 N–H and O–H groups in total. The van der Waals surface area contributed by atoms with E-state index in [1.807, 2.05) is 78.9 Å². The van der Waals surface area contributed by atoms with Gasteiger partial charge in [-0.25, -0.2) is 0 Å². The van der Waals surface area contributed by atoms with Crippen LogP contribution in [0.2, 0.25) is 0 Å². The lowest BCUT2D eigenvalue weighted by Gasteiger charge is -2.18. The van der Waals surface area contributed by atoms with Crippen molar-refractivity contribution in [2.75, 3.05) is 30.8 Å². The highest BCUT2D eigenvalue weighted by Crippen LogP contribution is 2.18. The molecule has 0 aliphatic heterocycles. The second-order valence-corrected chi connectivity index (χ2v) is 8.74. The minimum Gasteiger partial charge on any atom is -0.493 e. The summed E-state index contributed by atoms with van der Waals surface area (Å²) in [6.45, 7) is 1.14. The summed E-state index contributed by atoms with van der Waals surface area (Å²) < 4.78 is 5.85. The van der Waals surface area contributed by atoms with Gasteiger partial charge in [0.25, 0.3) is 5.91 Å². The fourth-order valence-corrected chi connectivity index (χ4v) is 3.89. The van der Waals surface area contributed by atoms with E-state index in [2.05, 4.69) is 22.8 Å². The second-order valence-electron chi connectivity index (χ2n) is 8.74. The van der Waals surface area contributed by atoms with E-state index < -0.39 is 0 Å². The van der Waals surface area contributed by atoms with Gasteiger partial charge in [-0.15, -0.1) is 0 Å². The summed E-state index contributed by atoms with van der Waals surface area (Å²) in [7, 11) is 1.78. The van der Waals surface area contributed by atoms with E-state index in [0.717, 1.165) is 12.0 Å². The van der Waals surface area contributed by atoms with Crippen LogP contribution >= 0.6 is 0 Å². The number of carbonyl (C=O) groups excluding carboxylic acids is 2. The predicted molar refractivity (Wildman–Crippen MR) is 148 cm³/mol. The van der Waals surface area contributed by atoms with Gasteiger partial charge in [-0.3, -0.25) is 9.59 Å². The highest BCUT2D eigenvalue weighted by molar-refractivity contribution is 5.96. The maximum absolute atomic E-state index is 12.9. The van der Waals surface area contributed by atoms with Gasteiger partial charge in [0, 0.05) is 43.0 Å². The minimum absolute atomic E-state index is 0.0661. The third kappa shape index (κ3) is 7.97. The molecule has 4 aromatic rings. The molecular formula is C31H31N3O3. The summed E-state index contributed by atoms with van der Waals surface area (Å²) in [5, 5.41) is 5.99. The van der Waals surface area contributed by atoms with Gasteiger partial charge in [0.1, 0.15) is 5.75 Å². The summed E-state index contributed by atoms with van der Waals surface area (Å²) >= 11 is 0. The molecule has 0 bridgehead atoms. The first-order valence-corrected chi connectivity index (χ1v) is 12.3. The molecule has 0 fully saturated rings. The Hall–Kier alpha value is -4.58. The Balaban J connectivity index is 1.26. The smallest absolute Gasteiger partial charge is 0.253 e. The molecule has 0 spiro atoms. The van der Waals surface area contributed by atoms with Crippen molar-refractivity contribution in [3.8, 4) is 5.75 Å². The zero-order chi connectivity index (χ0) is 25.9. The number of ether oxygens (including phenoxy) is 1. The van der Waals surface area contributed by atoms with Crippen molar-refractivity contribution in [1.29, 1.82) is 0 Å². The minimum atomic E-state index is -0.195. The first-order valence-electron chi connectivity index (χ1n) is 12.3. The van der Waals surface area contributed by atoms with E-state index in [1.54, 1.807) is 30.1 Å². The molecule has 0 heterocycles. The number of hydrogen-bond acceptors (Lipinski definition) is 4. The van der Waals surface area contributed by atoms with Gasteiger partial charge in [0.15, 0.2) is 0 Å². The number of anilines is 2. The van der Waals surface area contributed by atoms with Crippen LogP contribution in [0, 0.1) is 0 Å². The normalized spacial score (nSPS) is 10.4. The zero-order valence-corrected chi connectivity index (χ0v) is 20.9. The van der Waals surface area contributed by atoms with Crippen LogP contribution in [0.25, 0.3) is 0 Å². The van der Waals surface area contributed by atoms with Gasteiger partial charge in [-0.05, 0) is 41.5 Å². The predicted octanol–water partition coefficient (Wildman–Crippen LogP) is 5.63. The third-order valence-electron chi connectivity index (χ3n) is 5.79. The highest BCUT2D eigenvalue weighted by atomic mass is 16.5. The van der Waals surface area contributed by atoms with Gasteiger partial charge in [-0.1, -0.05) is 72.8 Å². The third-order valence-corrected chi connectivity index (χ3v) is 5.79. The largest absolute Gasteiger partial charge is 0.493 e. The van der Waals surface area contributed by atoms with Gasteiger partial charge >= 0.3 is 0 Å². The maximum Gasteiger partial charge on any atom is 0.253 e. The van der Waals surface area contributed by atoms with Gasteiger partial charge in [-0.2, -0.15) is 0 Å². The van der Waals surface area contributed by atoms with E-state index in [0.29, 0.717) is 35.8 Å². The fraction of sp³-hybridized carbons (Fsp3) is 0.161. The molecule has 0 saturated heterocycles. The monoisotopic (exact) mass is 493 g/mol.